The van der Waals surface area contributed by atoms with Crippen LogP contribution in [0.25, 0.3) is 11.1 Å². The molecule has 0 aliphatic heterocycles. The first-order chi connectivity index (χ1) is 10.7. The third kappa shape index (κ3) is 3.26. The van der Waals surface area contributed by atoms with Gasteiger partial charge < -0.3 is 0 Å². The van der Waals surface area contributed by atoms with E-state index in [0.29, 0.717) is 11.4 Å². The number of isocyanates is 2. The molecule has 22 heavy (non-hydrogen) atoms. The number of hydrogen-bond donors (Lipinski definition) is 0. The van der Waals surface area contributed by atoms with Crippen LogP contribution in [-0.4, -0.2) is 12.2 Å². The highest BCUT2D eigenvalue weighted by molar-refractivity contribution is 5.71. The van der Waals surface area contributed by atoms with E-state index >= 15 is 0 Å². The second kappa shape index (κ2) is 7.28. The molecule has 0 spiro atoms. The van der Waals surface area contributed by atoms with Crippen LogP contribution in [0.5, 0.6) is 0 Å². The number of carbonyl (C=O) groups excluding carboxylic acids is 2. The molecule has 0 N–H and O–H groups in total. The molecular formula is C18H16N2O2. The lowest BCUT2D eigenvalue weighted by atomic mass is 9.98. The molecule has 0 radical (unpaired) electrons. The molecule has 0 atom stereocenters. The van der Waals surface area contributed by atoms with Gasteiger partial charge in [-0.1, -0.05) is 26.0 Å². The Bertz CT molecular complexity index is 716. The maximum atomic E-state index is 10.4. The smallest absolute Gasteiger partial charge is 0.211 e. The lowest BCUT2D eigenvalue weighted by Gasteiger charge is -2.09. The highest BCUT2D eigenvalue weighted by Gasteiger charge is 2.07. The number of nitrogens with zero attached hydrogens (tertiary/aromatic N) is 2. The Balaban J connectivity index is 2.52. The van der Waals surface area contributed by atoms with Gasteiger partial charge in [0.05, 0.1) is 11.4 Å². The predicted octanol–water partition coefficient (Wildman–Crippen LogP) is 4.41. The molecule has 0 aliphatic rings. The van der Waals surface area contributed by atoms with E-state index in [1.54, 1.807) is 12.2 Å². The summed E-state index contributed by atoms with van der Waals surface area (Å²) in [4.78, 5) is 28.3. The quantitative estimate of drug-likeness (QED) is 0.605. The molecule has 0 saturated heterocycles. The molecular weight excluding hydrogens is 276 g/mol. The molecule has 4 heteroatoms. The van der Waals surface area contributed by atoms with Crippen LogP contribution in [-0.2, 0) is 22.4 Å². The Morgan fingerprint density at radius 1 is 0.773 bits per heavy atom. The van der Waals surface area contributed by atoms with Crippen LogP contribution in [0.4, 0.5) is 11.4 Å². The summed E-state index contributed by atoms with van der Waals surface area (Å²) in [5, 5.41) is 0. The third-order valence-corrected chi connectivity index (χ3v) is 3.59. The van der Waals surface area contributed by atoms with E-state index in [0.717, 1.165) is 35.1 Å². The lowest BCUT2D eigenvalue weighted by Crippen LogP contribution is -1.87. The maximum Gasteiger partial charge on any atom is 0.240 e. The fourth-order valence-electron chi connectivity index (χ4n) is 2.41. The van der Waals surface area contributed by atoms with Crippen LogP contribution in [0.3, 0.4) is 0 Å². The highest BCUT2D eigenvalue weighted by atomic mass is 16.1. The van der Waals surface area contributed by atoms with Gasteiger partial charge in [-0.3, -0.25) is 0 Å². The molecule has 0 amide bonds. The van der Waals surface area contributed by atoms with E-state index in [2.05, 4.69) is 9.98 Å². The summed E-state index contributed by atoms with van der Waals surface area (Å²) >= 11 is 0. The lowest BCUT2D eigenvalue weighted by molar-refractivity contribution is 0.564. The van der Waals surface area contributed by atoms with Crippen molar-refractivity contribution in [1.29, 1.82) is 0 Å². The molecule has 0 aromatic heterocycles. The van der Waals surface area contributed by atoms with Crippen LogP contribution in [0.2, 0.25) is 0 Å². The Kier molecular flexibility index (Phi) is 5.16. The molecule has 0 heterocycles. The summed E-state index contributed by atoms with van der Waals surface area (Å²) in [7, 11) is 0. The summed E-state index contributed by atoms with van der Waals surface area (Å²) in [6.07, 6.45) is 4.73. The van der Waals surface area contributed by atoms with Crippen molar-refractivity contribution in [2.45, 2.75) is 26.7 Å². The molecule has 0 fully saturated rings. The first-order valence-corrected chi connectivity index (χ1v) is 7.15. The number of aliphatic imine (C=N–C) groups is 2. The van der Waals surface area contributed by atoms with Gasteiger partial charge in [-0.25, -0.2) is 9.59 Å². The monoisotopic (exact) mass is 292 g/mol. The van der Waals surface area contributed by atoms with Crippen molar-refractivity contribution in [3.05, 3.63) is 47.5 Å². The average molecular weight is 292 g/mol. The van der Waals surface area contributed by atoms with E-state index in [4.69, 9.17) is 0 Å². The molecule has 0 bridgehead atoms. The third-order valence-electron chi connectivity index (χ3n) is 3.59. The molecule has 0 unspecified atom stereocenters. The van der Waals surface area contributed by atoms with Gasteiger partial charge in [-0.05, 0) is 59.4 Å². The highest BCUT2D eigenvalue weighted by Crippen LogP contribution is 2.30. The minimum Gasteiger partial charge on any atom is -0.211 e. The number of benzene rings is 2. The number of rotatable bonds is 5. The van der Waals surface area contributed by atoms with Gasteiger partial charge in [0.1, 0.15) is 0 Å². The minimum absolute atomic E-state index is 0.652. The van der Waals surface area contributed by atoms with Gasteiger partial charge in [-0.2, -0.15) is 9.98 Å². The van der Waals surface area contributed by atoms with Crippen LogP contribution < -0.4 is 0 Å². The second-order valence-electron chi connectivity index (χ2n) is 4.80. The number of hydrogen-bond acceptors (Lipinski definition) is 4. The Morgan fingerprint density at radius 3 is 1.50 bits per heavy atom. The first-order valence-electron chi connectivity index (χ1n) is 7.15. The maximum absolute atomic E-state index is 10.4. The second-order valence-corrected chi connectivity index (χ2v) is 4.80. The van der Waals surface area contributed by atoms with Crippen molar-refractivity contribution < 1.29 is 9.59 Å². The summed E-state index contributed by atoms with van der Waals surface area (Å²) in [6.45, 7) is 4.03. The number of aryl methyl sites for hydroxylation is 2. The minimum atomic E-state index is 0.652. The van der Waals surface area contributed by atoms with Crippen molar-refractivity contribution in [1.82, 2.24) is 0 Å². The van der Waals surface area contributed by atoms with E-state index in [1.807, 2.05) is 50.2 Å². The Hall–Kier alpha value is -2.80. The predicted molar refractivity (Wildman–Crippen MR) is 86.2 cm³/mol. The fraction of sp³-hybridized carbons (Fsp3) is 0.222. The topological polar surface area (TPSA) is 58.9 Å². The zero-order valence-corrected chi connectivity index (χ0v) is 12.6. The van der Waals surface area contributed by atoms with Gasteiger partial charge in [0.25, 0.3) is 0 Å². The molecule has 2 aromatic rings. The SMILES string of the molecule is CCc1cc(-c2ccc(N=C=O)c(CC)c2)ccc1N=C=O. The zero-order valence-electron chi connectivity index (χ0n) is 12.6. The van der Waals surface area contributed by atoms with Gasteiger partial charge in [0.15, 0.2) is 0 Å². The van der Waals surface area contributed by atoms with Crippen molar-refractivity contribution >= 4 is 23.5 Å². The largest absolute Gasteiger partial charge is 0.240 e. The zero-order chi connectivity index (χ0) is 15.9. The summed E-state index contributed by atoms with van der Waals surface area (Å²) in [6, 6.07) is 11.5. The van der Waals surface area contributed by atoms with Crippen molar-refractivity contribution in [2.24, 2.45) is 9.98 Å². The van der Waals surface area contributed by atoms with Crippen LogP contribution in [0, 0.1) is 0 Å². The van der Waals surface area contributed by atoms with Gasteiger partial charge >= 0.3 is 0 Å². The molecule has 110 valence electrons. The van der Waals surface area contributed by atoms with Crippen molar-refractivity contribution in [3.63, 3.8) is 0 Å². The standard InChI is InChI=1S/C18H16N2O2/c1-3-13-9-15(5-7-17(13)19-11-21)16-6-8-18(20-12-22)14(4-2)10-16/h5-10H,3-4H2,1-2H3. The van der Waals surface area contributed by atoms with E-state index in [9.17, 15) is 9.59 Å². The molecule has 0 saturated carbocycles. The summed E-state index contributed by atoms with van der Waals surface area (Å²) in [5.41, 5.74) is 5.37. The Labute approximate surface area is 129 Å². The van der Waals surface area contributed by atoms with E-state index in [-0.39, 0.29) is 0 Å². The molecule has 2 rings (SSSR count). The van der Waals surface area contributed by atoms with Gasteiger partial charge in [-0.15, -0.1) is 0 Å². The van der Waals surface area contributed by atoms with E-state index < -0.39 is 0 Å². The van der Waals surface area contributed by atoms with Crippen molar-refractivity contribution in [2.75, 3.05) is 0 Å². The fourth-order valence-corrected chi connectivity index (χ4v) is 2.41. The van der Waals surface area contributed by atoms with Crippen molar-refractivity contribution in [3.8, 4) is 11.1 Å². The average Bonchev–Trinajstić information content (AvgIpc) is 2.56. The summed E-state index contributed by atoms with van der Waals surface area (Å²) in [5.74, 6) is 0. The van der Waals surface area contributed by atoms with Gasteiger partial charge in [0.2, 0.25) is 12.2 Å². The summed E-state index contributed by atoms with van der Waals surface area (Å²) < 4.78 is 0. The molecule has 4 nitrogen and oxygen atoms in total. The van der Waals surface area contributed by atoms with E-state index in [1.165, 1.54) is 0 Å². The Morgan fingerprint density at radius 2 is 1.18 bits per heavy atom. The molecule has 2 aromatic carbocycles. The molecule has 0 aliphatic carbocycles. The van der Waals surface area contributed by atoms with Crippen LogP contribution in [0.1, 0.15) is 25.0 Å². The van der Waals surface area contributed by atoms with Crippen LogP contribution >= 0.6 is 0 Å². The van der Waals surface area contributed by atoms with Crippen LogP contribution in [0.15, 0.2) is 46.4 Å². The van der Waals surface area contributed by atoms with Gasteiger partial charge in [0, 0.05) is 0 Å². The normalized spacial score (nSPS) is 9.73. The first kappa shape index (κ1) is 15.6.